The minimum absolute atomic E-state index is 0.0505. The summed E-state index contributed by atoms with van der Waals surface area (Å²) in [7, 11) is 0. The van der Waals surface area contributed by atoms with Crippen LogP contribution in [0.5, 0.6) is 0 Å². The molecule has 1 unspecified atom stereocenters. The van der Waals surface area contributed by atoms with Gasteiger partial charge in [0.2, 0.25) is 0 Å². The number of alkyl halides is 3. The summed E-state index contributed by atoms with van der Waals surface area (Å²) >= 11 is 5.67. The minimum Gasteiger partial charge on any atom is -0.380 e. The molecule has 1 aromatic rings. The highest BCUT2D eigenvalue weighted by Crippen LogP contribution is 2.33. The van der Waals surface area contributed by atoms with E-state index in [4.69, 9.17) is 16.3 Å². The first-order valence-corrected chi connectivity index (χ1v) is 5.55. The van der Waals surface area contributed by atoms with E-state index in [2.05, 4.69) is 5.32 Å². The SMILES string of the molecule is FC(F)(F)c1cc(Cl)cc(NC2CCOC2)c1. The van der Waals surface area contributed by atoms with Crippen molar-refractivity contribution in [2.24, 2.45) is 0 Å². The van der Waals surface area contributed by atoms with Crippen LogP contribution in [0.1, 0.15) is 12.0 Å². The quantitative estimate of drug-likeness (QED) is 0.883. The summed E-state index contributed by atoms with van der Waals surface area (Å²) < 4.78 is 42.8. The third-order valence-corrected chi connectivity index (χ3v) is 2.74. The lowest BCUT2D eigenvalue weighted by atomic mass is 10.1. The van der Waals surface area contributed by atoms with E-state index in [0.29, 0.717) is 18.9 Å². The number of hydrogen-bond acceptors (Lipinski definition) is 2. The summed E-state index contributed by atoms with van der Waals surface area (Å²) in [5.74, 6) is 0. The predicted octanol–water partition coefficient (Wildman–Crippen LogP) is 3.56. The maximum atomic E-state index is 12.6. The number of benzene rings is 1. The number of nitrogens with one attached hydrogen (secondary N) is 1. The molecule has 1 N–H and O–H groups in total. The molecule has 2 nitrogen and oxygen atoms in total. The van der Waals surface area contributed by atoms with Crippen molar-refractivity contribution in [3.05, 3.63) is 28.8 Å². The second-order valence-corrected chi connectivity index (χ2v) is 4.37. The monoisotopic (exact) mass is 265 g/mol. The van der Waals surface area contributed by atoms with Gasteiger partial charge in [-0.1, -0.05) is 11.6 Å². The summed E-state index contributed by atoms with van der Waals surface area (Å²) in [6.45, 7) is 1.14. The lowest BCUT2D eigenvalue weighted by molar-refractivity contribution is -0.137. The van der Waals surface area contributed by atoms with E-state index in [0.717, 1.165) is 18.6 Å². The molecule has 0 amide bonds. The lowest BCUT2D eigenvalue weighted by Crippen LogP contribution is -2.19. The van der Waals surface area contributed by atoms with Crippen LogP contribution < -0.4 is 5.32 Å². The molecule has 2 rings (SSSR count). The standard InChI is InChI=1S/C11H11ClF3NO/c12-8-3-7(11(13,14)15)4-10(5-8)16-9-1-2-17-6-9/h3-5,9,16H,1-2,6H2. The van der Waals surface area contributed by atoms with Crippen molar-refractivity contribution in [3.8, 4) is 0 Å². The molecular weight excluding hydrogens is 255 g/mol. The second-order valence-electron chi connectivity index (χ2n) is 3.93. The topological polar surface area (TPSA) is 21.3 Å². The van der Waals surface area contributed by atoms with Crippen molar-refractivity contribution in [1.29, 1.82) is 0 Å². The van der Waals surface area contributed by atoms with Gasteiger partial charge in [0.1, 0.15) is 0 Å². The average molecular weight is 266 g/mol. The Morgan fingerprint density at radius 2 is 2.06 bits per heavy atom. The molecule has 0 spiro atoms. The molecule has 17 heavy (non-hydrogen) atoms. The molecule has 6 heteroatoms. The average Bonchev–Trinajstić information content (AvgIpc) is 2.68. The molecule has 1 heterocycles. The van der Waals surface area contributed by atoms with Gasteiger partial charge in [0, 0.05) is 17.3 Å². The van der Waals surface area contributed by atoms with Crippen LogP contribution in [0.15, 0.2) is 18.2 Å². The van der Waals surface area contributed by atoms with E-state index in [1.807, 2.05) is 0 Å². The van der Waals surface area contributed by atoms with Crippen molar-refractivity contribution in [1.82, 2.24) is 0 Å². The van der Waals surface area contributed by atoms with E-state index in [1.165, 1.54) is 6.07 Å². The highest BCUT2D eigenvalue weighted by molar-refractivity contribution is 6.30. The maximum absolute atomic E-state index is 12.6. The Morgan fingerprint density at radius 1 is 1.29 bits per heavy atom. The summed E-state index contributed by atoms with van der Waals surface area (Å²) in [4.78, 5) is 0. The fourth-order valence-electron chi connectivity index (χ4n) is 1.72. The first-order chi connectivity index (χ1) is 7.95. The zero-order valence-corrected chi connectivity index (χ0v) is 9.61. The fourth-order valence-corrected chi connectivity index (χ4v) is 1.96. The molecule has 1 aliphatic heterocycles. The highest BCUT2D eigenvalue weighted by atomic mass is 35.5. The molecule has 1 aromatic carbocycles. The molecule has 0 saturated carbocycles. The van der Waals surface area contributed by atoms with E-state index >= 15 is 0 Å². The largest absolute Gasteiger partial charge is 0.416 e. The van der Waals surface area contributed by atoms with E-state index in [1.54, 1.807) is 0 Å². The van der Waals surface area contributed by atoms with Gasteiger partial charge < -0.3 is 10.1 Å². The van der Waals surface area contributed by atoms with Gasteiger partial charge in [0.15, 0.2) is 0 Å². The number of anilines is 1. The summed E-state index contributed by atoms with van der Waals surface area (Å²) in [5.41, 5.74) is -0.369. The molecule has 0 bridgehead atoms. The third-order valence-electron chi connectivity index (χ3n) is 2.53. The second kappa shape index (κ2) is 4.74. The van der Waals surface area contributed by atoms with Crippen molar-refractivity contribution in [3.63, 3.8) is 0 Å². The van der Waals surface area contributed by atoms with Crippen LogP contribution in [0.2, 0.25) is 5.02 Å². The van der Waals surface area contributed by atoms with E-state index in [9.17, 15) is 13.2 Å². The molecule has 1 fully saturated rings. The summed E-state index contributed by atoms with van der Waals surface area (Å²) in [6.07, 6.45) is -3.60. The zero-order chi connectivity index (χ0) is 12.5. The van der Waals surface area contributed by atoms with Gasteiger partial charge in [-0.05, 0) is 24.6 Å². The van der Waals surface area contributed by atoms with Crippen molar-refractivity contribution in [2.45, 2.75) is 18.6 Å². The summed E-state index contributed by atoms with van der Waals surface area (Å²) in [5, 5.41) is 3.06. The Balaban J connectivity index is 2.19. The molecule has 1 atom stereocenters. The summed E-state index contributed by atoms with van der Waals surface area (Å²) in [6, 6.07) is 3.51. The fraction of sp³-hybridized carbons (Fsp3) is 0.455. The normalized spacial score (nSPS) is 20.6. The van der Waals surface area contributed by atoms with Gasteiger partial charge in [0.25, 0.3) is 0 Å². The Bertz CT molecular complexity index is 402. The van der Waals surface area contributed by atoms with Gasteiger partial charge in [-0.25, -0.2) is 0 Å². The molecule has 0 radical (unpaired) electrons. The van der Waals surface area contributed by atoms with Crippen LogP contribution in [0, 0.1) is 0 Å². The number of hydrogen-bond donors (Lipinski definition) is 1. The lowest BCUT2D eigenvalue weighted by Gasteiger charge is -2.15. The van der Waals surface area contributed by atoms with Gasteiger partial charge in [-0.2, -0.15) is 13.2 Å². The highest BCUT2D eigenvalue weighted by Gasteiger charge is 2.31. The number of rotatable bonds is 2. The zero-order valence-electron chi connectivity index (χ0n) is 8.85. The van der Waals surface area contributed by atoms with Crippen LogP contribution in [-0.2, 0) is 10.9 Å². The van der Waals surface area contributed by atoms with E-state index < -0.39 is 11.7 Å². The van der Waals surface area contributed by atoms with Gasteiger partial charge >= 0.3 is 6.18 Å². The van der Waals surface area contributed by atoms with Crippen LogP contribution in [0.25, 0.3) is 0 Å². The molecule has 0 aromatic heterocycles. The minimum atomic E-state index is -4.38. The molecule has 1 saturated heterocycles. The van der Waals surface area contributed by atoms with Gasteiger partial charge in [-0.15, -0.1) is 0 Å². The Hall–Kier alpha value is -0.940. The van der Waals surface area contributed by atoms with E-state index in [-0.39, 0.29) is 11.1 Å². The number of halogens is 4. The first kappa shape index (κ1) is 12.5. The van der Waals surface area contributed by atoms with Crippen LogP contribution in [0.4, 0.5) is 18.9 Å². The Labute approximate surface area is 102 Å². The molecule has 0 aliphatic carbocycles. The Kier molecular flexibility index (Phi) is 3.49. The van der Waals surface area contributed by atoms with Gasteiger partial charge in [0.05, 0.1) is 18.2 Å². The molecule has 94 valence electrons. The predicted molar refractivity (Wildman–Crippen MR) is 59.3 cm³/mol. The molecular formula is C11H11ClF3NO. The van der Waals surface area contributed by atoms with Crippen molar-refractivity contribution in [2.75, 3.05) is 18.5 Å². The first-order valence-electron chi connectivity index (χ1n) is 5.17. The number of ether oxygens (including phenoxy) is 1. The van der Waals surface area contributed by atoms with Crippen LogP contribution >= 0.6 is 11.6 Å². The van der Waals surface area contributed by atoms with Gasteiger partial charge in [-0.3, -0.25) is 0 Å². The Morgan fingerprint density at radius 3 is 2.65 bits per heavy atom. The molecule has 1 aliphatic rings. The van der Waals surface area contributed by atoms with Crippen molar-refractivity contribution >= 4 is 17.3 Å². The maximum Gasteiger partial charge on any atom is 0.416 e. The third kappa shape index (κ3) is 3.26. The van der Waals surface area contributed by atoms with Crippen LogP contribution in [0.3, 0.4) is 0 Å². The van der Waals surface area contributed by atoms with Crippen molar-refractivity contribution < 1.29 is 17.9 Å². The van der Waals surface area contributed by atoms with Crippen LogP contribution in [-0.4, -0.2) is 19.3 Å². The smallest absolute Gasteiger partial charge is 0.380 e.